The van der Waals surface area contributed by atoms with Crippen molar-refractivity contribution in [1.82, 2.24) is 9.80 Å². The Labute approximate surface area is 116 Å². The van der Waals surface area contributed by atoms with Crippen LogP contribution in [0.2, 0.25) is 0 Å². The van der Waals surface area contributed by atoms with Gasteiger partial charge in [-0.1, -0.05) is 17.7 Å². The molecule has 3 heteroatoms. The van der Waals surface area contributed by atoms with E-state index in [0.29, 0.717) is 5.75 Å². The second-order valence-electron chi connectivity index (χ2n) is 5.84. The summed E-state index contributed by atoms with van der Waals surface area (Å²) in [6, 6.07) is 4.16. The van der Waals surface area contributed by atoms with E-state index in [-0.39, 0.29) is 0 Å². The number of aromatic hydroxyl groups is 1. The highest BCUT2D eigenvalue weighted by molar-refractivity contribution is 5.42. The molecular formula is C16H26N2O. The molecule has 1 fully saturated rings. The fourth-order valence-electron chi connectivity index (χ4n) is 2.80. The molecule has 2 rings (SSSR count). The first-order chi connectivity index (χ1) is 9.06. The molecule has 0 unspecified atom stereocenters. The first-order valence-corrected chi connectivity index (χ1v) is 7.26. The molecule has 0 atom stereocenters. The lowest BCUT2D eigenvalue weighted by atomic mass is 10.0. The van der Waals surface area contributed by atoms with Crippen LogP contribution in [0.25, 0.3) is 0 Å². The predicted molar refractivity (Wildman–Crippen MR) is 79.8 cm³/mol. The van der Waals surface area contributed by atoms with E-state index in [4.69, 9.17) is 0 Å². The van der Waals surface area contributed by atoms with Crippen LogP contribution < -0.4 is 0 Å². The molecule has 19 heavy (non-hydrogen) atoms. The number of hydrogen-bond donors (Lipinski definition) is 1. The average Bonchev–Trinajstić information content (AvgIpc) is 2.37. The van der Waals surface area contributed by atoms with Crippen LogP contribution in [0.4, 0.5) is 0 Å². The zero-order chi connectivity index (χ0) is 13.8. The Balaban J connectivity index is 1.83. The minimum atomic E-state index is 0.490. The van der Waals surface area contributed by atoms with Gasteiger partial charge in [-0.15, -0.1) is 0 Å². The first-order valence-electron chi connectivity index (χ1n) is 7.26. The maximum Gasteiger partial charge on any atom is 0.121 e. The van der Waals surface area contributed by atoms with E-state index in [1.54, 1.807) is 0 Å². The SMILES string of the molecule is Cc1cc(C)c(O)c(CCCN2CCN(C)CC2)c1. The summed E-state index contributed by atoms with van der Waals surface area (Å²) in [6.45, 7) is 9.91. The summed E-state index contributed by atoms with van der Waals surface area (Å²) >= 11 is 0. The van der Waals surface area contributed by atoms with Gasteiger partial charge < -0.3 is 14.9 Å². The van der Waals surface area contributed by atoms with Crippen molar-refractivity contribution in [3.05, 3.63) is 28.8 Å². The van der Waals surface area contributed by atoms with E-state index in [0.717, 1.165) is 30.5 Å². The van der Waals surface area contributed by atoms with Crippen molar-refractivity contribution in [3.8, 4) is 5.75 Å². The molecule has 0 bridgehead atoms. The number of phenols is 1. The third-order valence-corrected chi connectivity index (χ3v) is 4.04. The van der Waals surface area contributed by atoms with Gasteiger partial charge in [0, 0.05) is 26.2 Å². The summed E-state index contributed by atoms with van der Waals surface area (Å²) in [5.74, 6) is 0.490. The highest BCUT2D eigenvalue weighted by atomic mass is 16.3. The number of hydrogen-bond acceptors (Lipinski definition) is 3. The Bertz CT molecular complexity index is 423. The van der Waals surface area contributed by atoms with Crippen molar-refractivity contribution in [1.29, 1.82) is 0 Å². The second kappa shape index (κ2) is 6.40. The van der Waals surface area contributed by atoms with Gasteiger partial charge >= 0.3 is 0 Å². The molecule has 106 valence electrons. The Morgan fingerprint density at radius 2 is 1.79 bits per heavy atom. The highest BCUT2D eigenvalue weighted by Crippen LogP contribution is 2.24. The number of benzene rings is 1. The van der Waals surface area contributed by atoms with Crippen molar-refractivity contribution < 1.29 is 5.11 Å². The number of phenolic OH excluding ortho intramolecular Hbond substituents is 1. The van der Waals surface area contributed by atoms with Crippen molar-refractivity contribution >= 4 is 0 Å². The molecule has 0 radical (unpaired) electrons. The topological polar surface area (TPSA) is 26.7 Å². The van der Waals surface area contributed by atoms with Gasteiger partial charge in [0.05, 0.1) is 0 Å². The number of nitrogens with zero attached hydrogens (tertiary/aromatic N) is 2. The summed E-state index contributed by atoms with van der Waals surface area (Å²) in [5.41, 5.74) is 3.34. The van der Waals surface area contributed by atoms with E-state index >= 15 is 0 Å². The van der Waals surface area contributed by atoms with Gasteiger partial charge in [0.15, 0.2) is 0 Å². The quantitative estimate of drug-likeness (QED) is 0.901. The van der Waals surface area contributed by atoms with Gasteiger partial charge in [-0.05, 0) is 51.4 Å². The molecule has 0 aromatic heterocycles. The molecule has 1 aliphatic heterocycles. The van der Waals surface area contributed by atoms with Crippen molar-refractivity contribution in [2.75, 3.05) is 39.8 Å². The number of likely N-dealkylation sites (N-methyl/N-ethyl adjacent to an activating group) is 1. The predicted octanol–water partition coefficient (Wildman–Crippen LogP) is 2.19. The largest absolute Gasteiger partial charge is 0.507 e. The molecule has 0 amide bonds. The fraction of sp³-hybridized carbons (Fsp3) is 0.625. The van der Waals surface area contributed by atoms with Crippen LogP contribution in [0.5, 0.6) is 5.75 Å². The van der Waals surface area contributed by atoms with Gasteiger partial charge in [-0.3, -0.25) is 0 Å². The van der Waals surface area contributed by atoms with Crippen LogP contribution in [0.1, 0.15) is 23.1 Å². The van der Waals surface area contributed by atoms with Crippen LogP contribution in [0.15, 0.2) is 12.1 Å². The molecule has 1 aliphatic rings. The molecule has 3 nitrogen and oxygen atoms in total. The minimum absolute atomic E-state index is 0.490. The normalized spacial score (nSPS) is 17.8. The van der Waals surface area contributed by atoms with Crippen LogP contribution in [0, 0.1) is 13.8 Å². The monoisotopic (exact) mass is 262 g/mol. The lowest BCUT2D eigenvalue weighted by molar-refractivity contribution is 0.153. The zero-order valence-electron chi connectivity index (χ0n) is 12.4. The highest BCUT2D eigenvalue weighted by Gasteiger charge is 2.13. The molecule has 1 aromatic rings. The van der Waals surface area contributed by atoms with E-state index in [2.05, 4.69) is 29.8 Å². The van der Waals surface area contributed by atoms with Gasteiger partial charge in [0.25, 0.3) is 0 Å². The lowest BCUT2D eigenvalue weighted by Crippen LogP contribution is -2.44. The Hall–Kier alpha value is -1.06. The summed E-state index contributed by atoms with van der Waals surface area (Å²) in [5, 5.41) is 10.1. The number of piperazine rings is 1. The molecule has 1 saturated heterocycles. The summed E-state index contributed by atoms with van der Waals surface area (Å²) in [6.07, 6.45) is 2.10. The van der Waals surface area contributed by atoms with Gasteiger partial charge in [0.1, 0.15) is 5.75 Å². The smallest absolute Gasteiger partial charge is 0.121 e. The maximum absolute atomic E-state index is 10.1. The van der Waals surface area contributed by atoms with Crippen LogP contribution >= 0.6 is 0 Å². The Morgan fingerprint density at radius 1 is 1.11 bits per heavy atom. The maximum atomic E-state index is 10.1. The summed E-state index contributed by atoms with van der Waals surface area (Å²) in [7, 11) is 2.19. The summed E-state index contributed by atoms with van der Waals surface area (Å²) in [4.78, 5) is 4.91. The van der Waals surface area contributed by atoms with Crippen LogP contribution in [-0.2, 0) is 6.42 Å². The summed E-state index contributed by atoms with van der Waals surface area (Å²) < 4.78 is 0. The molecule has 0 saturated carbocycles. The number of aryl methyl sites for hydroxylation is 3. The van der Waals surface area contributed by atoms with Crippen LogP contribution in [-0.4, -0.2) is 54.7 Å². The van der Waals surface area contributed by atoms with Gasteiger partial charge in [-0.25, -0.2) is 0 Å². The van der Waals surface area contributed by atoms with Crippen molar-refractivity contribution in [2.24, 2.45) is 0 Å². The average molecular weight is 262 g/mol. The van der Waals surface area contributed by atoms with E-state index in [9.17, 15) is 5.11 Å². The van der Waals surface area contributed by atoms with Gasteiger partial charge in [0.2, 0.25) is 0 Å². The molecule has 1 aromatic carbocycles. The zero-order valence-corrected chi connectivity index (χ0v) is 12.4. The van der Waals surface area contributed by atoms with Crippen molar-refractivity contribution in [3.63, 3.8) is 0 Å². The third kappa shape index (κ3) is 3.95. The Morgan fingerprint density at radius 3 is 2.47 bits per heavy atom. The standard InChI is InChI=1S/C16H26N2O/c1-13-11-14(2)16(19)15(12-13)5-4-6-18-9-7-17(3)8-10-18/h11-12,19H,4-10H2,1-3H3. The van der Waals surface area contributed by atoms with Gasteiger partial charge in [-0.2, -0.15) is 0 Å². The minimum Gasteiger partial charge on any atom is -0.507 e. The second-order valence-corrected chi connectivity index (χ2v) is 5.84. The number of rotatable bonds is 4. The molecular weight excluding hydrogens is 236 g/mol. The lowest BCUT2D eigenvalue weighted by Gasteiger charge is -2.32. The van der Waals surface area contributed by atoms with E-state index in [1.807, 2.05) is 13.0 Å². The van der Waals surface area contributed by atoms with Crippen LogP contribution in [0.3, 0.4) is 0 Å². The molecule has 0 aliphatic carbocycles. The van der Waals surface area contributed by atoms with E-state index in [1.165, 1.54) is 31.7 Å². The molecule has 1 heterocycles. The van der Waals surface area contributed by atoms with Crippen molar-refractivity contribution in [2.45, 2.75) is 26.7 Å². The van der Waals surface area contributed by atoms with E-state index < -0.39 is 0 Å². The fourth-order valence-corrected chi connectivity index (χ4v) is 2.80. The molecule has 1 N–H and O–H groups in total. The molecule has 0 spiro atoms. The first kappa shape index (κ1) is 14.4. The Kier molecular flexibility index (Phi) is 4.83. The third-order valence-electron chi connectivity index (χ3n) is 4.04.